The summed E-state index contributed by atoms with van der Waals surface area (Å²) in [6.07, 6.45) is 1.61. The molecular formula is C13H16BrNO. The van der Waals surface area contributed by atoms with Gasteiger partial charge >= 0.3 is 0 Å². The molecule has 1 atom stereocenters. The van der Waals surface area contributed by atoms with Crippen molar-refractivity contribution in [2.75, 3.05) is 6.61 Å². The summed E-state index contributed by atoms with van der Waals surface area (Å²) in [6, 6.07) is 10.1. The largest absolute Gasteiger partial charge is 0.494 e. The van der Waals surface area contributed by atoms with E-state index in [2.05, 4.69) is 22.0 Å². The Morgan fingerprint density at radius 2 is 2.00 bits per heavy atom. The van der Waals surface area contributed by atoms with Crippen molar-refractivity contribution in [2.24, 2.45) is 5.41 Å². The summed E-state index contributed by atoms with van der Waals surface area (Å²) in [4.78, 5) is 0. The number of benzene rings is 1. The van der Waals surface area contributed by atoms with Gasteiger partial charge in [-0.3, -0.25) is 0 Å². The summed E-state index contributed by atoms with van der Waals surface area (Å²) in [6.45, 7) is 4.58. The zero-order chi connectivity index (χ0) is 12.0. The first-order chi connectivity index (χ1) is 7.59. The van der Waals surface area contributed by atoms with E-state index in [9.17, 15) is 0 Å². The lowest BCUT2D eigenvalue weighted by molar-refractivity contribution is 0.249. The summed E-state index contributed by atoms with van der Waals surface area (Å²) in [7, 11) is 0. The Kier molecular flexibility index (Phi) is 4.82. The van der Waals surface area contributed by atoms with Crippen LogP contribution in [0.15, 0.2) is 28.7 Å². The molecule has 0 amide bonds. The summed E-state index contributed by atoms with van der Waals surface area (Å²) >= 11 is 3.37. The van der Waals surface area contributed by atoms with Crippen LogP contribution in [-0.4, -0.2) is 6.61 Å². The van der Waals surface area contributed by atoms with E-state index in [0.29, 0.717) is 6.61 Å². The van der Waals surface area contributed by atoms with E-state index < -0.39 is 0 Å². The van der Waals surface area contributed by atoms with Gasteiger partial charge in [0.2, 0.25) is 0 Å². The fourth-order valence-electron chi connectivity index (χ4n) is 1.24. The molecule has 0 N–H and O–H groups in total. The Balaban J connectivity index is 2.42. The first-order valence-corrected chi connectivity index (χ1v) is 6.18. The highest BCUT2D eigenvalue weighted by Crippen LogP contribution is 2.25. The SMILES string of the molecule is CCC(C)(C#N)CCOc1ccc(Br)cc1. The molecule has 0 bridgehead atoms. The molecule has 0 radical (unpaired) electrons. The Morgan fingerprint density at radius 1 is 1.38 bits per heavy atom. The molecule has 0 saturated heterocycles. The third-order valence-electron chi connectivity index (χ3n) is 2.79. The van der Waals surface area contributed by atoms with Crippen molar-refractivity contribution >= 4 is 15.9 Å². The molecule has 1 aromatic carbocycles. The van der Waals surface area contributed by atoms with Crippen LogP contribution < -0.4 is 4.74 Å². The minimum absolute atomic E-state index is 0.268. The van der Waals surface area contributed by atoms with Gasteiger partial charge in [0.15, 0.2) is 0 Å². The molecule has 0 aliphatic carbocycles. The number of halogens is 1. The van der Waals surface area contributed by atoms with Crippen LogP contribution in [0.1, 0.15) is 26.7 Å². The van der Waals surface area contributed by atoms with Gasteiger partial charge in [-0.15, -0.1) is 0 Å². The maximum Gasteiger partial charge on any atom is 0.119 e. The van der Waals surface area contributed by atoms with Gasteiger partial charge in [-0.2, -0.15) is 5.26 Å². The second-order valence-corrected chi connectivity index (χ2v) is 4.99. The van der Waals surface area contributed by atoms with Crippen LogP contribution in [0, 0.1) is 16.7 Å². The number of rotatable bonds is 5. The lowest BCUT2D eigenvalue weighted by Gasteiger charge is -2.19. The number of hydrogen-bond donors (Lipinski definition) is 0. The fourth-order valence-corrected chi connectivity index (χ4v) is 1.50. The van der Waals surface area contributed by atoms with E-state index >= 15 is 0 Å². The molecule has 0 aliphatic heterocycles. The second kappa shape index (κ2) is 5.91. The highest BCUT2D eigenvalue weighted by atomic mass is 79.9. The van der Waals surface area contributed by atoms with E-state index in [1.165, 1.54) is 0 Å². The second-order valence-electron chi connectivity index (χ2n) is 4.08. The lowest BCUT2D eigenvalue weighted by Crippen LogP contribution is -2.16. The van der Waals surface area contributed by atoms with Gasteiger partial charge in [-0.25, -0.2) is 0 Å². The van der Waals surface area contributed by atoms with Crippen molar-refractivity contribution in [3.8, 4) is 11.8 Å². The molecular weight excluding hydrogens is 266 g/mol. The van der Waals surface area contributed by atoms with Crippen LogP contribution in [0.5, 0.6) is 5.75 Å². The van der Waals surface area contributed by atoms with Gasteiger partial charge in [0.1, 0.15) is 5.75 Å². The molecule has 0 heterocycles. The van der Waals surface area contributed by atoms with E-state index in [1.54, 1.807) is 0 Å². The van der Waals surface area contributed by atoms with Crippen molar-refractivity contribution in [3.05, 3.63) is 28.7 Å². The molecule has 1 unspecified atom stereocenters. The van der Waals surface area contributed by atoms with Crippen LogP contribution >= 0.6 is 15.9 Å². The molecule has 1 rings (SSSR count). The average molecular weight is 282 g/mol. The summed E-state index contributed by atoms with van der Waals surface area (Å²) in [5.41, 5.74) is -0.268. The van der Waals surface area contributed by atoms with Gasteiger partial charge in [0.05, 0.1) is 18.1 Å². The molecule has 86 valence electrons. The third kappa shape index (κ3) is 3.86. The van der Waals surface area contributed by atoms with Crippen LogP contribution in [0.3, 0.4) is 0 Å². The van der Waals surface area contributed by atoms with Gasteiger partial charge in [0.25, 0.3) is 0 Å². The molecule has 0 aliphatic rings. The summed E-state index contributed by atoms with van der Waals surface area (Å²) in [5, 5.41) is 9.01. The number of hydrogen-bond acceptors (Lipinski definition) is 2. The molecule has 1 aromatic rings. The Hall–Kier alpha value is -1.01. The van der Waals surface area contributed by atoms with Crippen LogP contribution in [0.4, 0.5) is 0 Å². The fraction of sp³-hybridized carbons (Fsp3) is 0.462. The molecule has 0 saturated carbocycles. The van der Waals surface area contributed by atoms with Gasteiger partial charge in [0, 0.05) is 4.47 Å². The molecule has 0 aromatic heterocycles. The predicted octanol–water partition coefficient (Wildman–Crippen LogP) is 4.16. The number of nitriles is 1. The first kappa shape index (κ1) is 13.1. The topological polar surface area (TPSA) is 33.0 Å². The van der Waals surface area contributed by atoms with Crippen LogP contribution in [-0.2, 0) is 0 Å². The van der Waals surface area contributed by atoms with Gasteiger partial charge in [-0.1, -0.05) is 22.9 Å². The van der Waals surface area contributed by atoms with Crippen molar-refractivity contribution in [1.82, 2.24) is 0 Å². The van der Waals surface area contributed by atoms with Crippen molar-refractivity contribution in [1.29, 1.82) is 5.26 Å². The van der Waals surface area contributed by atoms with E-state index in [1.807, 2.05) is 38.1 Å². The highest BCUT2D eigenvalue weighted by Gasteiger charge is 2.20. The van der Waals surface area contributed by atoms with Crippen molar-refractivity contribution in [2.45, 2.75) is 26.7 Å². The summed E-state index contributed by atoms with van der Waals surface area (Å²) in [5.74, 6) is 0.847. The molecule has 0 fully saturated rings. The Morgan fingerprint density at radius 3 is 2.50 bits per heavy atom. The third-order valence-corrected chi connectivity index (χ3v) is 3.32. The smallest absolute Gasteiger partial charge is 0.119 e. The number of ether oxygens (including phenoxy) is 1. The van der Waals surface area contributed by atoms with Crippen molar-refractivity contribution < 1.29 is 4.74 Å². The Labute approximate surface area is 105 Å². The van der Waals surface area contributed by atoms with E-state index in [-0.39, 0.29) is 5.41 Å². The number of nitrogens with zero attached hydrogens (tertiary/aromatic N) is 1. The van der Waals surface area contributed by atoms with Gasteiger partial charge < -0.3 is 4.74 Å². The summed E-state index contributed by atoms with van der Waals surface area (Å²) < 4.78 is 6.63. The molecule has 2 nitrogen and oxygen atoms in total. The zero-order valence-electron chi connectivity index (χ0n) is 9.66. The standard InChI is InChI=1S/C13H16BrNO/c1-3-13(2,10-15)8-9-16-12-6-4-11(14)5-7-12/h4-7H,3,8-9H2,1-2H3. The van der Waals surface area contributed by atoms with E-state index in [0.717, 1.165) is 23.1 Å². The van der Waals surface area contributed by atoms with Crippen molar-refractivity contribution in [3.63, 3.8) is 0 Å². The predicted molar refractivity (Wildman–Crippen MR) is 68.3 cm³/mol. The maximum atomic E-state index is 9.01. The normalized spacial score (nSPS) is 13.9. The first-order valence-electron chi connectivity index (χ1n) is 5.39. The lowest BCUT2D eigenvalue weighted by atomic mass is 9.86. The quantitative estimate of drug-likeness (QED) is 0.812. The Bertz CT molecular complexity index is 369. The van der Waals surface area contributed by atoms with Gasteiger partial charge in [-0.05, 0) is 44.0 Å². The molecule has 0 spiro atoms. The van der Waals surface area contributed by atoms with E-state index in [4.69, 9.17) is 10.00 Å². The van der Waals surface area contributed by atoms with Crippen LogP contribution in [0.2, 0.25) is 0 Å². The average Bonchev–Trinajstić information content (AvgIpc) is 2.31. The van der Waals surface area contributed by atoms with Crippen LogP contribution in [0.25, 0.3) is 0 Å². The minimum Gasteiger partial charge on any atom is -0.494 e. The molecule has 3 heteroatoms. The minimum atomic E-state index is -0.268. The zero-order valence-corrected chi connectivity index (χ0v) is 11.3. The molecule has 16 heavy (non-hydrogen) atoms. The highest BCUT2D eigenvalue weighted by molar-refractivity contribution is 9.10. The monoisotopic (exact) mass is 281 g/mol. The maximum absolute atomic E-state index is 9.01.